The zero-order valence-electron chi connectivity index (χ0n) is 10.5. The van der Waals surface area contributed by atoms with Gasteiger partial charge in [-0.15, -0.1) is 0 Å². The zero-order chi connectivity index (χ0) is 14.2. The van der Waals surface area contributed by atoms with Crippen LogP contribution in [0.1, 0.15) is 23.7 Å². The SMILES string of the molecule is CC1CCN(c2ccc(F)cc2C(N)=O)C1C(=O)O. The number of anilines is 1. The minimum Gasteiger partial charge on any atom is -0.480 e. The average molecular weight is 266 g/mol. The van der Waals surface area contributed by atoms with Crippen LogP contribution in [-0.4, -0.2) is 29.6 Å². The van der Waals surface area contributed by atoms with Crippen LogP contribution in [0.25, 0.3) is 0 Å². The fraction of sp³-hybridized carbons (Fsp3) is 0.385. The molecule has 6 heteroatoms. The molecule has 1 amide bonds. The molecular formula is C13H15FN2O3. The Kier molecular flexibility index (Phi) is 3.42. The van der Waals surface area contributed by atoms with Gasteiger partial charge in [-0.2, -0.15) is 0 Å². The molecule has 102 valence electrons. The van der Waals surface area contributed by atoms with Crippen LogP contribution in [0.3, 0.4) is 0 Å². The van der Waals surface area contributed by atoms with E-state index < -0.39 is 23.7 Å². The molecule has 1 heterocycles. The van der Waals surface area contributed by atoms with E-state index >= 15 is 0 Å². The van der Waals surface area contributed by atoms with Crippen LogP contribution in [0.4, 0.5) is 10.1 Å². The molecular weight excluding hydrogens is 251 g/mol. The highest BCUT2D eigenvalue weighted by Gasteiger charge is 2.38. The first-order valence-electron chi connectivity index (χ1n) is 6.00. The zero-order valence-corrected chi connectivity index (χ0v) is 10.5. The van der Waals surface area contributed by atoms with Gasteiger partial charge in [0.1, 0.15) is 11.9 Å². The molecule has 0 aliphatic carbocycles. The summed E-state index contributed by atoms with van der Waals surface area (Å²) in [7, 11) is 0. The molecule has 0 bridgehead atoms. The number of benzene rings is 1. The fourth-order valence-corrected chi connectivity index (χ4v) is 2.55. The van der Waals surface area contributed by atoms with E-state index in [0.717, 1.165) is 6.07 Å². The van der Waals surface area contributed by atoms with Gasteiger partial charge in [-0.3, -0.25) is 4.79 Å². The second-order valence-electron chi connectivity index (χ2n) is 4.77. The predicted molar refractivity (Wildman–Crippen MR) is 67.5 cm³/mol. The number of hydrogen-bond donors (Lipinski definition) is 2. The maximum Gasteiger partial charge on any atom is 0.326 e. The largest absolute Gasteiger partial charge is 0.480 e. The third-order valence-electron chi connectivity index (χ3n) is 3.49. The van der Waals surface area contributed by atoms with Gasteiger partial charge in [0.05, 0.1) is 11.3 Å². The molecule has 1 aromatic carbocycles. The van der Waals surface area contributed by atoms with E-state index in [9.17, 15) is 19.1 Å². The number of carboxylic acids is 1. The molecule has 3 N–H and O–H groups in total. The molecule has 2 unspecified atom stereocenters. The highest BCUT2D eigenvalue weighted by atomic mass is 19.1. The van der Waals surface area contributed by atoms with Crippen molar-refractivity contribution in [1.82, 2.24) is 0 Å². The number of hydrogen-bond acceptors (Lipinski definition) is 3. The lowest BCUT2D eigenvalue weighted by molar-refractivity contribution is -0.139. The minimum atomic E-state index is -0.954. The van der Waals surface area contributed by atoms with Gasteiger partial charge < -0.3 is 15.7 Å². The van der Waals surface area contributed by atoms with E-state index in [4.69, 9.17) is 5.73 Å². The predicted octanol–water partition coefficient (Wildman–Crippen LogP) is 1.22. The van der Waals surface area contributed by atoms with E-state index in [0.29, 0.717) is 18.7 Å². The van der Waals surface area contributed by atoms with Crippen molar-refractivity contribution in [3.63, 3.8) is 0 Å². The number of halogens is 1. The Morgan fingerprint density at radius 1 is 1.47 bits per heavy atom. The molecule has 1 fully saturated rings. The van der Waals surface area contributed by atoms with Crippen LogP contribution in [-0.2, 0) is 4.79 Å². The van der Waals surface area contributed by atoms with E-state index in [1.54, 1.807) is 4.90 Å². The minimum absolute atomic E-state index is 0.0142. The Morgan fingerprint density at radius 2 is 2.16 bits per heavy atom. The van der Waals surface area contributed by atoms with Gasteiger partial charge in [0.15, 0.2) is 0 Å². The lowest BCUT2D eigenvalue weighted by Crippen LogP contribution is -2.40. The van der Waals surface area contributed by atoms with Gasteiger partial charge in [-0.05, 0) is 30.5 Å². The summed E-state index contributed by atoms with van der Waals surface area (Å²) in [5, 5.41) is 9.27. The highest BCUT2D eigenvalue weighted by Crippen LogP contribution is 2.32. The molecule has 19 heavy (non-hydrogen) atoms. The topological polar surface area (TPSA) is 83.6 Å². The van der Waals surface area contributed by atoms with E-state index in [-0.39, 0.29) is 11.5 Å². The monoisotopic (exact) mass is 266 g/mol. The van der Waals surface area contributed by atoms with Crippen molar-refractivity contribution in [2.24, 2.45) is 11.7 Å². The van der Waals surface area contributed by atoms with Crippen molar-refractivity contribution in [3.05, 3.63) is 29.6 Å². The molecule has 1 aliphatic heterocycles. The van der Waals surface area contributed by atoms with Crippen molar-refractivity contribution in [1.29, 1.82) is 0 Å². The summed E-state index contributed by atoms with van der Waals surface area (Å²) in [6.07, 6.45) is 0.701. The maximum atomic E-state index is 13.2. The molecule has 0 radical (unpaired) electrons. The number of nitrogens with zero attached hydrogens (tertiary/aromatic N) is 1. The summed E-state index contributed by atoms with van der Waals surface area (Å²) in [6, 6.07) is 2.93. The molecule has 2 rings (SSSR count). The van der Waals surface area contributed by atoms with Gasteiger partial charge in [-0.25, -0.2) is 9.18 Å². The number of nitrogens with two attached hydrogens (primary N) is 1. The number of aliphatic carboxylic acids is 1. The third kappa shape index (κ3) is 2.38. The van der Waals surface area contributed by atoms with Gasteiger partial charge in [0.25, 0.3) is 5.91 Å². The van der Waals surface area contributed by atoms with Crippen LogP contribution in [0.2, 0.25) is 0 Å². The van der Waals surface area contributed by atoms with E-state index in [2.05, 4.69) is 0 Å². The lowest BCUT2D eigenvalue weighted by Gasteiger charge is -2.27. The Morgan fingerprint density at radius 3 is 2.74 bits per heavy atom. The van der Waals surface area contributed by atoms with Crippen LogP contribution in [0.5, 0.6) is 0 Å². The number of primary amides is 1. The number of carbonyl (C=O) groups is 2. The number of rotatable bonds is 3. The smallest absolute Gasteiger partial charge is 0.326 e. The van der Waals surface area contributed by atoms with Crippen LogP contribution in [0, 0.1) is 11.7 Å². The fourth-order valence-electron chi connectivity index (χ4n) is 2.55. The van der Waals surface area contributed by atoms with Crippen molar-refractivity contribution in [2.75, 3.05) is 11.4 Å². The van der Waals surface area contributed by atoms with Crippen LogP contribution in [0.15, 0.2) is 18.2 Å². The average Bonchev–Trinajstić information content (AvgIpc) is 2.70. The summed E-state index contributed by atoms with van der Waals surface area (Å²) in [5.74, 6) is -2.33. The quantitative estimate of drug-likeness (QED) is 0.861. The summed E-state index contributed by atoms with van der Waals surface area (Å²) in [6.45, 7) is 2.34. The first-order chi connectivity index (χ1) is 8.91. The van der Waals surface area contributed by atoms with Crippen molar-refractivity contribution in [3.8, 4) is 0 Å². The van der Waals surface area contributed by atoms with Gasteiger partial charge in [0, 0.05) is 6.54 Å². The van der Waals surface area contributed by atoms with Gasteiger partial charge in [0.2, 0.25) is 0 Å². The van der Waals surface area contributed by atoms with Crippen LogP contribution < -0.4 is 10.6 Å². The summed E-state index contributed by atoms with van der Waals surface area (Å²) >= 11 is 0. The highest BCUT2D eigenvalue weighted by molar-refractivity contribution is 5.99. The van der Waals surface area contributed by atoms with Crippen LogP contribution >= 0.6 is 0 Å². The second-order valence-corrected chi connectivity index (χ2v) is 4.77. The molecule has 0 spiro atoms. The van der Waals surface area contributed by atoms with Crippen molar-refractivity contribution >= 4 is 17.6 Å². The van der Waals surface area contributed by atoms with Crippen molar-refractivity contribution in [2.45, 2.75) is 19.4 Å². The Bertz CT molecular complexity index is 533. The molecule has 5 nitrogen and oxygen atoms in total. The van der Waals surface area contributed by atoms with Crippen molar-refractivity contribution < 1.29 is 19.1 Å². The lowest BCUT2D eigenvalue weighted by atomic mass is 10.0. The van der Waals surface area contributed by atoms with E-state index in [1.165, 1.54) is 12.1 Å². The first kappa shape index (κ1) is 13.3. The molecule has 0 aromatic heterocycles. The molecule has 2 atom stereocenters. The first-order valence-corrected chi connectivity index (χ1v) is 6.00. The third-order valence-corrected chi connectivity index (χ3v) is 3.49. The van der Waals surface area contributed by atoms with Gasteiger partial charge >= 0.3 is 5.97 Å². The Labute approximate surface area is 109 Å². The summed E-state index contributed by atoms with van der Waals surface area (Å²) < 4.78 is 13.2. The molecule has 1 saturated heterocycles. The number of carbonyl (C=O) groups excluding carboxylic acids is 1. The standard InChI is InChI=1S/C13H15FN2O3/c1-7-4-5-16(11(7)13(18)19)10-3-2-8(14)6-9(10)12(15)17/h2-3,6-7,11H,4-5H2,1H3,(H2,15,17)(H,18,19). The Balaban J connectivity index is 2.47. The Hall–Kier alpha value is -2.11. The number of carboxylic acid groups (broad SMARTS) is 1. The normalized spacial score (nSPS) is 22.5. The number of amides is 1. The molecule has 0 saturated carbocycles. The second kappa shape index (κ2) is 4.87. The molecule has 1 aliphatic rings. The molecule has 1 aromatic rings. The van der Waals surface area contributed by atoms with E-state index in [1.807, 2.05) is 6.92 Å². The van der Waals surface area contributed by atoms with Gasteiger partial charge in [-0.1, -0.05) is 6.92 Å². The summed E-state index contributed by atoms with van der Waals surface area (Å²) in [4.78, 5) is 24.3. The maximum absolute atomic E-state index is 13.2. The summed E-state index contributed by atoms with van der Waals surface area (Å²) in [5.41, 5.74) is 5.62.